The third kappa shape index (κ3) is 0.856. The smallest absolute Gasteiger partial charge is 0.236 e. The van der Waals surface area contributed by atoms with Crippen molar-refractivity contribution < 1.29 is 9.53 Å². The highest BCUT2D eigenvalue weighted by Crippen LogP contribution is 2.80. The Balaban J connectivity index is 2.28. The zero-order chi connectivity index (χ0) is 13.3. The van der Waals surface area contributed by atoms with Gasteiger partial charge in [0.25, 0.3) is 0 Å². The Bertz CT molecular complexity index is 544. The van der Waals surface area contributed by atoms with Crippen LogP contribution in [0, 0.1) is 10.8 Å². The number of nitrogens with one attached hydrogen (secondary N) is 1. The van der Waals surface area contributed by atoms with E-state index < -0.39 is 5.41 Å². The van der Waals surface area contributed by atoms with Gasteiger partial charge in [-0.15, -0.1) is 0 Å². The number of methoxy groups -OCH3 is 1. The molecule has 3 nitrogen and oxygen atoms in total. The Kier molecular flexibility index (Phi) is 1.86. The Morgan fingerprint density at radius 3 is 2.22 bits per heavy atom. The number of para-hydroxylation sites is 1. The standard InChI is InChI=1S/C15H19NO2/c1-13(2)14(3,4)15(13)9-7-6-8-10(18-5)11(9)16-12(15)17/h6-8H,1-5H3,(H,16,17). The van der Waals surface area contributed by atoms with E-state index in [1.165, 1.54) is 0 Å². The van der Waals surface area contributed by atoms with E-state index in [1.54, 1.807) is 7.11 Å². The van der Waals surface area contributed by atoms with Gasteiger partial charge in [0.15, 0.2) is 0 Å². The van der Waals surface area contributed by atoms with Crippen molar-refractivity contribution in [1.29, 1.82) is 0 Å². The van der Waals surface area contributed by atoms with E-state index in [0.29, 0.717) is 0 Å². The third-order valence-electron chi connectivity index (χ3n) is 5.60. The molecular weight excluding hydrogens is 226 g/mol. The van der Waals surface area contributed by atoms with Crippen LogP contribution in [0.2, 0.25) is 0 Å². The zero-order valence-electron chi connectivity index (χ0n) is 11.5. The number of benzene rings is 1. The summed E-state index contributed by atoms with van der Waals surface area (Å²) in [6.07, 6.45) is 0. The lowest BCUT2D eigenvalue weighted by molar-refractivity contribution is -0.119. The van der Waals surface area contributed by atoms with E-state index in [0.717, 1.165) is 17.0 Å². The van der Waals surface area contributed by atoms with Crippen molar-refractivity contribution in [3.8, 4) is 5.75 Å². The summed E-state index contributed by atoms with van der Waals surface area (Å²) in [5, 5.41) is 3.02. The van der Waals surface area contributed by atoms with Crippen molar-refractivity contribution in [2.24, 2.45) is 10.8 Å². The number of amides is 1. The van der Waals surface area contributed by atoms with Crippen molar-refractivity contribution in [2.75, 3.05) is 12.4 Å². The van der Waals surface area contributed by atoms with E-state index in [1.807, 2.05) is 18.2 Å². The largest absolute Gasteiger partial charge is 0.495 e. The third-order valence-corrected chi connectivity index (χ3v) is 5.60. The van der Waals surface area contributed by atoms with Crippen molar-refractivity contribution >= 4 is 11.6 Å². The second-order valence-corrected chi connectivity index (χ2v) is 6.34. The lowest BCUT2D eigenvalue weighted by Gasteiger charge is -2.13. The first-order chi connectivity index (χ1) is 8.32. The van der Waals surface area contributed by atoms with E-state index in [2.05, 4.69) is 33.0 Å². The highest BCUT2D eigenvalue weighted by atomic mass is 16.5. The maximum Gasteiger partial charge on any atom is 0.236 e. The molecule has 96 valence electrons. The molecule has 1 fully saturated rings. The molecule has 1 spiro atoms. The van der Waals surface area contributed by atoms with Crippen LogP contribution in [0.25, 0.3) is 0 Å². The monoisotopic (exact) mass is 245 g/mol. The van der Waals surface area contributed by atoms with Gasteiger partial charge in [0.05, 0.1) is 18.2 Å². The number of ether oxygens (including phenoxy) is 1. The van der Waals surface area contributed by atoms with E-state index >= 15 is 0 Å². The molecule has 1 amide bonds. The molecule has 1 aromatic rings. The van der Waals surface area contributed by atoms with Gasteiger partial charge in [-0.05, 0) is 22.5 Å². The summed E-state index contributed by atoms with van der Waals surface area (Å²) >= 11 is 0. The SMILES string of the molecule is COc1cccc2c1NC(=O)C21C(C)(C)C1(C)C. The summed E-state index contributed by atoms with van der Waals surface area (Å²) in [5.74, 6) is 0.855. The molecule has 0 unspecified atom stereocenters. The molecule has 18 heavy (non-hydrogen) atoms. The molecule has 1 aromatic carbocycles. The molecule has 0 atom stereocenters. The highest BCUT2D eigenvalue weighted by molar-refractivity contribution is 6.12. The van der Waals surface area contributed by atoms with Gasteiger partial charge in [0.2, 0.25) is 5.91 Å². The molecule has 1 aliphatic carbocycles. The maximum atomic E-state index is 12.5. The minimum Gasteiger partial charge on any atom is -0.495 e. The number of hydrogen-bond acceptors (Lipinski definition) is 2. The molecule has 0 saturated heterocycles. The molecular formula is C15H19NO2. The number of anilines is 1. The van der Waals surface area contributed by atoms with Gasteiger partial charge in [0.1, 0.15) is 5.75 Å². The number of fused-ring (bicyclic) bond motifs is 2. The van der Waals surface area contributed by atoms with Crippen LogP contribution in [-0.4, -0.2) is 13.0 Å². The Hall–Kier alpha value is -1.51. The molecule has 1 heterocycles. The number of carbonyl (C=O) groups excluding carboxylic acids is 1. The number of carbonyl (C=O) groups is 1. The van der Waals surface area contributed by atoms with Crippen LogP contribution >= 0.6 is 0 Å². The molecule has 3 rings (SSSR count). The summed E-state index contributed by atoms with van der Waals surface area (Å²) in [5.41, 5.74) is 1.44. The molecule has 2 aliphatic rings. The minimum atomic E-state index is -0.413. The summed E-state index contributed by atoms with van der Waals surface area (Å²) in [6.45, 7) is 8.67. The van der Waals surface area contributed by atoms with Crippen molar-refractivity contribution in [3.05, 3.63) is 23.8 Å². The number of rotatable bonds is 1. The summed E-state index contributed by atoms with van der Waals surface area (Å²) < 4.78 is 5.35. The van der Waals surface area contributed by atoms with Crippen LogP contribution in [-0.2, 0) is 10.2 Å². The van der Waals surface area contributed by atoms with Crippen molar-refractivity contribution in [1.82, 2.24) is 0 Å². The molecule has 0 aromatic heterocycles. The number of hydrogen-bond donors (Lipinski definition) is 1. The van der Waals surface area contributed by atoms with Gasteiger partial charge in [0, 0.05) is 0 Å². The summed E-state index contributed by atoms with van der Waals surface area (Å²) in [7, 11) is 1.63. The van der Waals surface area contributed by atoms with Crippen molar-refractivity contribution in [3.63, 3.8) is 0 Å². The Labute approximate surface area is 108 Å². The fraction of sp³-hybridized carbons (Fsp3) is 0.533. The van der Waals surface area contributed by atoms with Gasteiger partial charge in [-0.25, -0.2) is 0 Å². The molecule has 1 saturated carbocycles. The maximum absolute atomic E-state index is 12.5. The van der Waals surface area contributed by atoms with E-state index in [-0.39, 0.29) is 16.7 Å². The predicted octanol–water partition coefficient (Wildman–Crippen LogP) is 2.95. The second-order valence-electron chi connectivity index (χ2n) is 6.34. The normalized spacial score (nSPS) is 24.6. The minimum absolute atomic E-state index is 0.0400. The van der Waals surface area contributed by atoms with Crippen molar-refractivity contribution in [2.45, 2.75) is 33.1 Å². The van der Waals surface area contributed by atoms with Gasteiger partial charge >= 0.3 is 0 Å². The first kappa shape index (κ1) is 11.6. The molecule has 1 aliphatic heterocycles. The van der Waals surface area contributed by atoms with E-state index in [4.69, 9.17) is 4.74 Å². The van der Waals surface area contributed by atoms with Gasteiger partial charge in [-0.1, -0.05) is 39.8 Å². The summed E-state index contributed by atoms with van der Waals surface area (Å²) in [4.78, 5) is 12.5. The Morgan fingerprint density at radius 1 is 1.11 bits per heavy atom. The van der Waals surface area contributed by atoms with Crippen LogP contribution in [0.5, 0.6) is 5.75 Å². The quantitative estimate of drug-likeness (QED) is 0.826. The van der Waals surface area contributed by atoms with Gasteiger partial charge in [-0.3, -0.25) is 4.79 Å². The van der Waals surface area contributed by atoms with Crippen LogP contribution in [0.4, 0.5) is 5.69 Å². The fourth-order valence-electron chi connectivity index (χ4n) is 4.03. The Morgan fingerprint density at radius 2 is 1.72 bits per heavy atom. The van der Waals surface area contributed by atoms with Crippen LogP contribution < -0.4 is 10.1 Å². The lowest BCUT2D eigenvalue weighted by Crippen LogP contribution is -2.26. The molecule has 0 bridgehead atoms. The highest BCUT2D eigenvalue weighted by Gasteiger charge is 2.83. The predicted molar refractivity (Wildman–Crippen MR) is 70.9 cm³/mol. The van der Waals surface area contributed by atoms with Crippen LogP contribution in [0.1, 0.15) is 33.3 Å². The van der Waals surface area contributed by atoms with Crippen LogP contribution in [0.15, 0.2) is 18.2 Å². The topological polar surface area (TPSA) is 38.3 Å². The zero-order valence-corrected chi connectivity index (χ0v) is 11.5. The fourth-order valence-corrected chi connectivity index (χ4v) is 4.03. The van der Waals surface area contributed by atoms with Gasteiger partial charge < -0.3 is 10.1 Å². The first-order valence-electron chi connectivity index (χ1n) is 6.31. The first-order valence-corrected chi connectivity index (χ1v) is 6.31. The van der Waals surface area contributed by atoms with E-state index in [9.17, 15) is 4.79 Å². The molecule has 0 radical (unpaired) electrons. The lowest BCUT2D eigenvalue weighted by atomic mass is 9.87. The molecule has 3 heteroatoms. The average Bonchev–Trinajstić information content (AvgIpc) is 2.57. The second kappa shape index (κ2) is 2.90. The van der Waals surface area contributed by atoms with Crippen LogP contribution in [0.3, 0.4) is 0 Å². The molecule has 1 N–H and O–H groups in total. The van der Waals surface area contributed by atoms with Gasteiger partial charge in [-0.2, -0.15) is 0 Å². The summed E-state index contributed by atoms with van der Waals surface area (Å²) in [6, 6.07) is 5.90. The average molecular weight is 245 g/mol.